The first-order valence-electron chi connectivity index (χ1n) is 7.38. The van der Waals surface area contributed by atoms with E-state index in [-0.39, 0.29) is 0 Å². The molecule has 2 N–H and O–H groups in total. The molecule has 120 valence electrons. The van der Waals surface area contributed by atoms with Crippen molar-refractivity contribution in [2.75, 3.05) is 26.7 Å². The third-order valence-electron chi connectivity index (χ3n) is 3.89. The van der Waals surface area contributed by atoms with Gasteiger partial charge in [0, 0.05) is 25.7 Å². The van der Waals surface area contributed by atoms with E-state index in [1.54, 1.807) is 6.07 Å². The molecule has 7 heteroatoms. The summed E-state index contributed by atoms with van der Waals surface area (Å²) in [6, 6.07) is 2.28. The molecule has 1 unspecified atom stereocenters. The second kappa shape index (κ2) is 7.19. The molecule has 1 saturated heterocycles. The van der Waals surface area contributed by atoms with Crippen molar-refractivity contribution in [1.82, 2.24) is 14.9 Å². The molecule has 2 rings (SSSR count). The van der Waals surface area contributed by atoms with Gasteiger partial charge >= 0.3 is 0 Å². The van der Waals surface area contributed by atoms with Gasteiger partial charge in [-0.05, 0) is 56.8 Å². The normalized spacial score (nSPS) is 20.5. The Kier molecular flexibility index (Phi) is 5.79. The quantitative estimate of drug-likeness (QED) is 0.794. The smallest absolute Gasteiger partial charge is 0.250 e. The molecule has 1 aliphatic rings. The zero-order valence-electron chi connectivity index (χ0n) is 12.9. The first-order chi connectivity index (χ1) is 9.92. The van der Waals surface area contributed by atoms with Crippen LogP contribution in [0.5, 0.6) is 0 Å². The molecule has 1 aliphatic heterocycles. The van der Waals surface area contributed by atoms with Gasteiger partial charge in [0.1, 0.15) is 4.21 Å². The number of sulfonamides is 1. The van der Waals surface area contributed by atoms with E-state index in [0.717, 1.165) is 25.1 Å². The molecule has 1 aromatic rings. The lowest BCUT2D eigenvalue weighted by atomic mass is 10.1. The highest BCUT2D eigenvalue weighted by Gasteiger charge is 2.26. The number of nitrogens with one attached hydrogen (secondary N) is 2. The van der Waals surface area contributed by atoms with Crippen molar-refractivity contribution in [3.05, 3.63) is 17.0 Å². The highest BCUT2D eigenvalue weighted by Crippen LogP contribution is 2.22. The fourth-order valence-corrected chi connectivity index (χ4v) is 4.96. The number of hydrogen-bond donors (Lipinski definition) is 2. The molecule has 0 saturated carbocycles. The Morgan fingerprint density at radius 2 is 2.24 bits per heavy atom. The summed E-state index contributed by atoms with van der Waals surface area (Å²) >= 11 is 1.28. The van der Waals surface area contributed by atoms with Crippen LogP contribution >= 0.6 is 11.3 Å². The van der Waals surface area contributed by atoms with Crippen LogP contribution in [0.4, 0.5) is 0 Å². The molecule has 0 bridgehead atoms. The van der Waals surface area contributed by atoms with Crippen LogP contribution in [0.25, 0.3) is 0 Å². The molecule has 0 amide bonds. The molecule has 1 aromatic heterocycles. The summed E-state index contributed by atoms with van der Waals surface area (Å²) in [6.45, 7) is 7.64. The van der Waals surface area contributed by atoms with Crippen LogP contribution in [-0.2, 0) is 16.6 Å². The van der Waals surface area contributed by atoms with E-state index in [2.05, 4.69) is 28.8 Å². The van der Waals surface area contributed by atoms with Crippen LogP contribution in [0, 0.1) is 5.92 Å². The average Bonchev–Trinajstić information content (AvgIpc) is 3.06. The van der Waals surface area contributed by atoms with E-state index in [9.17, 15) is 8.42 Å². The van der Waals surface area contributed by atoms with Gasteiger partial charge in [0.15, 0.2) is 0 Å². The lowest BCUT2D eigenvalue weighted by Gasteiger charge is -2.20. The van der Waals surface area contributed by atoms with E-state index in [1.165, 1.54) is 11.3 Å². The molecular formula is C14H25N3O2S2. The summed E-state index contributed by atoms with van der Waals surface area (Å²) in [7, 11) is -1.51. The van der Waals surface area contributed by atoms with Crippen LogP contribution in [-0.4, -0.2) is 46.0 Å². The van der Waals surface area contributed by atoms with Crippen molar-refractivity contribution in [3.8, 4) is 0 Å². The Hall–Kier alpha value is -0.470. The number of rotatable bonds is 7. The van der Waals surface area contributed by atoms with Crippen molar-refractivity contribution < 1.29 is 8.42 Å². The van der Waals surface area contributed by atoms with Crippen LogP contribution in [0.1, 0.15) is 25.8 Å². The maximum Gasteiger partial charge on any atom is 0.250 e. The molecule has 0 spiro atoms. The van der Waals surface area contributed by atoms with Gasteiger partial charge in [-0.1, -0.05) is 0 Å². The van der Waals surface area contributed by atoms with E-state index in [4.69, 9.17) is 0 Å². The highest BCUT2D eigenvalue weighted by molar-refractivity contribution is 7.91. The summed E-state index contributed by atoms with van der Waals surface area (Å²) in [5.41, 5.74) is 1.01. The minimum atomic E-state index is -3.36. The summed E-state index contributed by atoms with van der Waals surface area (Å²) in [4.78, 5) is 2.40. The van der Waals surface area contributed by atoms with Crippen molar-refractivity contribution >= 4 is 21.4 Å². The molecule has 1 atom stereocenters. The summed E-state index contributed by atoms with van der Waals surface area (Å²) in [5, 5.41) is 4.92. The number of nitrogens with zero attached hydrogens (tertiary/aromatic N) is 1. The minimum Gasteiger partial charge on any atom is -0.316 e. The third-order valence-corrected chi connectivity index (χ3v) is 6.80. The monoisotopic (exact) mass is 331 g/mol. The van der Waals surface area contributed by atoms with Crippen LogP contribution in [0.2, 0.25) is 0 Å². The van der Waals surface area contributed by atoms with Gasteiger partial charge in [-0.15, -0.1) is 11.3 Å². The fourth-order valence-electron chi connectivity index (χ4n) is 2.59. The number of likely N-dealkylation sites (tertiary alicyclic amines) is 1. The van der Waals surface area contributed by atoms with Gasteiger partial charge in [-0.25, -0.2) is 13.1 Å². The number of thiophene rings is 1. The Bertz CT molecular complexity index is 554. The average molecular weight is 332 g/mol. The van der Waals surface area contributed by atoms with Gasteiger partial charge in [-0.2, -0.15) is 0 Å². The van der Waals surface area contributed by atoms with E-state index in [0.29, 0.717) is 29.3 Å². The minimum absolute atomic E-state index is 0.409. The molecule has 0 aliphatic carbocycles. The lowest BCUT2D eigenvalue weighted by Crippen LogP contribution is -2.32. The van der Waals surface area contributed by atoms with E-state index in [1.807, 2.05) is 12.4 Å². The van der Waals surface area contributed by atoms with Gasteiger partial charge in [0.25, 0.3) is 0 Å². The third kappa shape index (κ3) is 4.50. The maximum atomic E-state index is 12.3. The first-order valence-corrected chi connectivity index (χ1v) is 9.74. The van der Waals surface area contributed by atoms with E-state index >= 15 is 0 Å². The standard InChI is InChI=1S/C14H25N3O2S2/c1-11(2)17-5-4-12(9-17)8-16-21(18,19)14-6-13(7-15-3)10-20-14/h6,10-12,15-16H,4-5,7-9H2,1-3H3. The van der Waals surface area contributed by atoms with Crippen molar-refractivity contribution in [3.63, 3.8) is 0 Å². The van der Waals surface area contributed by atoms with Crippen molar-refractivity contribution in [2.24, 2.45) is 5.92 Å². The topological polar surface area (TPSA) is 61.4 Å². The fraction of sp³-hybridized carbons (Fsp3) is 0.714. The van der Waals surface area contributed by atoms with Gasteiger partial charge in [-0.3, -0.25) is 0 Å². The Labute approximate surface area is 131 Å². The SMILES string of the molecule is CNCc1csc(S(=O)(=O)NCC2CCN(C(C)C)C2)c1. The molecular weight excluding hydrogens is 306 g/mol. The van der Waals surface area contributed by atoms with Gasteiger partial charge < -0.3 is 10.2 Å². The molecule has 0 aromatic carbocycles. The zero-order valence-corrected chi connectivity index (χ0v) is 14.6. The Balaban J connectivity index is 1.89. The van der Waals surface area contributed by atoms with Crippen molar-refractivity contribution in [2.45, 2.75) is 37.1 Å². The summed E-state index contributed by atoms with van der Waals surface area (Å²) < 4.78 is 27.8. The first kappa shape index (κ1) is 16.9. The molecule has 1 fully saturated rings. The van der Waals surface area contributed by atoms with E-state index < -0.39 is 10.0 Å². The highest BCUT2D eigenvalue weighted by atomic mass is 32.2. The Morgan fingerprint density at radius 1 is 1.48 bits per heavy atom. The number of hydrogen-bond acceptors (Lipinski definition) is 5. The predicted octanol–water partition coefficient (Wildman–Crippen LogP) is 1.48. The molecule has 5 nitrogen and oxygen atoms in total. The summed E-state index contributed by atoms with van der Waals surface area (Å²) in [6.07, 6.45) is 1.07. The summed E-state index contributed by atoms with van der Waals surface area (Å²) in [5.74, 6) is 0.416. The van der Waals surface area contributed by atoms with Crippen LogP contribution < -0.4 is 10.0 Å². The second-order valence-electron chi connectivity index (χ2n) is 5.90. The Morgan fingerprint density at radius 3 is 2.86 bits per heavy atom. The second-order valence-corrected chi connectivity index (χ2v) is 8.80. The largest absolute Gasteiger partial charge is 0.316 e. The predicted molar refractivity (Wildman–Crippen MR) is 87.1 cm³/mol. The zero-order chi connectivity index (χ0) is 15.5. The maximum absolute atomic E-state index is 12.3. The van der Waals surface area contributed by atoms with Crippen LogP contribution in [0.15, 0.2) is 15.7 Å². The van der Waals surface area contributed by atoms with Gasteiger partial charge in [0.05, 0.1) is 0 Å². The lowest BCUT2D eigenvalue weighted by molar-refractivity contribution is 0.265. The van der Waals surface area contributed by atoms with Crippen LogP contribution in [0.3, 0.4) is 0 Å². The molecule has 0 radical (unpaired) electrons. The molecule has 21 heavy (non-hydrogen) atoms. The van der Waals surface area contributed by atoms with Crippen molar-refractivity contribution in [1.29, 1.82) is 0 Å². The molecule has 2 heterocycles. The van der Waals surface area contributed by atoms with Gasteiger partial charge in [0.2, 0.25) is 10.0 Å².